The first-order valence-corrected chi connectivity index (χ1v) is 11.0. The molecule has 0 unspecified atom stereocenters. The second-order valence-corrected chi connectivity index (χ2v) is 7.52. The van der Waals surface area contributed by atoms with Crippen molar-refractivity contribution in [2.75, 3.05) is 35.5 Å². The molecule has 0 aliphatic carbocycles. The van der Waals surface area contributed by atoms with Gasteiger partial charge in [-0.3, -0.25) is 9.79 Å². The molecule has 1 N–H and O–H groups in total. The van der Waals surface area contributed by atoms with E-state index in [0.717, 1.165) is 5.56 Å². The lowest BCUT2D eigenvalue weighted by Gasteiger charge is -2.13. The fourth-order valence-electron chi connectivity index (χ4n) is 3.62. The van der Waals surface area contributed by atoms with Crippen LogP contribution in [0.5, 0.6) is 34.5 Å². The third-order valence-corrected chi connectivity index (χ3v) is 5.35. The van der Waals surface area contributed by atoms with Gasteiger partial charge >= 0.3 is 0 Å². The van der Waals surface area contributed by atoms with Crippen LogP contribution in [0.2, 0.25) is 0 Å². The smallest absolute Gasteiger partial charge is 0.203 e. The summed E-state index contributed by atoms with van der Waals surface area (Å²) in [6, 6.07) is 13.9. The van der Waals surface area contributed by atoms with Gasteiger partial charge in [-0.15, -0.1) is 0 Å². The predicted molar refractivity (Wildman–Crippen MR) is 140 cm³/mol. The van der Waals surface area contributed by atoms with E-state index in [9.17, 15) is 9.90 Å². The highest BCUT2D eigenvalue weighted by Crippen LogP contribution is 2.40. The maximum atomic E-state index is 12.6. The number of rotatable bonds is 11. The fraction of sp³-hybridized carbons (Fsp3) is 0.214. The highest BCUT2D eigenvalue weighted by molar-refractivity contribution is 6.05. The second kappa shape index (κ2) is 12.3. The molecule has 36 heavy (non-hydrogen) atoms. The summed E-state index contributed by atoms with van der Waals surface area (Å²) in [6.07, 6.45) is 5.18. The van der Waals surface area contributed by atoms with Crippen molar-refractivity contribution in [3.8, 4) is 34.5 Å². The Bertz CT molecular complexity index is 1260. The third kappa shape index (κ3) is 5.96. The molecule has 0 heterocycles. The van der Waals surface area contributed by atoms with E-state index in [1.807, 2.05) is 18.2 Å². The van der Waals surface area contributed by atoms with Crippen molar-refractivity contribution < 1.29 is 33.6 Å². The average Bonchev–Trinajstić information content (AvgIpc) is 2.90. The summed E-state index contributed by atoms with van der Waals surface area (Å²) in [5, 5.41) is 10.5. The van der Waals surface area contributed by atoms with E-state index < -0.39 is 0 Å². The number of hydrogen-bond donors (Lipinski definition) is 1. The molecule has 0 radical (unpaired) electrons. The Balaban J connectivity index is 1.87. The first-order valence-electron chi connectivity index (χ1n) is 11.0. The first kappa shape index (κ1) is 26.2. The van der Waals surface area contributed by atoms with Gasteiger partial charge in [-0.05, 0) is 47.5 Å². The second-order valence-electron chi connectivity index (χ2n) is 7.52. The monoisotopic (exact) mass is 491 g/mol. The van der Waals surface area contributed by atoms with Crippen LogP contribution in [0, 0.1) is 0 Å². The summed E-state index contributed by atoms with van der Waals surface area (Å²) in [4.78, 5) is 17.0. The van der Waals surface area contributed by atoms with Crippen molar-refractivity contribution in [1.82, 2.24) is 0 Å². The summed E-state index contributed by atoms with van der Waals surface area (Å²) in [7, 11) is 7.61. The van der Waals surface area contributed by atoms with Crippen molar-refractivity contribution in [1.29, 1.82) is 0 Å². The molecular weight excluding hydrogens is 462 g/mol. The first-order chi connectivity index (χ1) is 17.4. The van der Waals surface area contributed by atoms with Crippen molar-refractivity contribution in [3.63, 3.8) is 0 Å². The fourth-order valence-corrected chi connectivity index (χ4v) is 3.62. The highest BCUT2D eigenvalue weighted by Gasteiger charge is 2.14. The Morgan fingerprint density at radius 3 is 1.94 bits per heavy atom. The van der Waals surface area contributed by atoms with Crippen LogP contribution in [-0.4, -0.2) is 52.7 Å². The van der Waals surface area contributed by atoms with Gasteiger partial charge in [0.25, 0.3) is 0 Å². The predicted octanol–water partition coefficient (Wildman–Crippen LogP) is 5.58. The molecule has 0 bridgehead atoms. The maximum Gasteiger partial charge on any atom is 0.203 e. The van der Waals surface area contributed by atoms with Crippen molar-refractivity contribution in [2.45, 2.75) is 6.42 Å². The average molecular weight is 492 g/mol. The maximum absolute atomic E-state index is 12.6. The van der Waals surface area contributed by atoms with Crippen LogP contribution >= 0.6 is 0 Å². The molecular formula is C28H29NO7. The molecule has 3 aromatic carbocycles. The summed E-state index contributed by atoms with van der Waals surface area (Å²) >= 11 is 0. The van der Waals surface area contributed by atoms with Crippen LogP contribution in [-0.2, 0) is 0 Å². The molecule has 0 saturated heterocycles. The molecule has 0 saturated carbocycles. The lowest BCUT2D eigenvalue weighted by Crippen LogP contribution is -2.02. The number of carbonyl (C=O) groups is 1. The molecule has 0 aliphatic heterocycles. The van der Waals surface area contributed by atoms with Crippen LogP contribution in [0.25, 0.3) is 12.2 Å². The minimum absolute atomic E-state index is 0.0514. The zero-order valence-electron chi connectivity index (χ0n) is 20.9. The molecule has 0 aliphatic rings. The van der Waals surface area contributed by atoms with Crippen LogP contribution in [0.3, 0.4) is 0 Å². The third-order valence-electron chi connectivity index (χ3n) is 5.35. The largest absolute Gasteiger partial charge is 0.504 e. The molecule has 0 aromatic heterocycles. The SMILES string of the molecule is COc1ccccc1C(=O)CC=Nc1cc(/C=C\c2cc(OC)c(OC)c(OC)c2)cc(O)c1OC. The van der Waals surface area contributed by atoms with Crippen molar-refractivity contribution in [3.05, 3.63) is 65.2 Å². The van der Waals surface area contributed by atoms with E-state index in [1.54, 1.807) is 63.8 Å². The lowest BCUT2D eigenvalue weighted by atomic mass is 10.1. The number of para-hydroxylation sites is 1. The van der Waals surface area contributed by atoms with E-state index in [-0.39, 0.29) is 23.7 Å². The van der Waals surface area contributed by atoms with E-state index in [0.29, 0.717) is 39.8 Å². The molecule has 0 spiro atoms. The van der Waals surface area contributed by atoms with Gasteiger partial charge in [-0.2, -0.15) is 0 Å². The number of hydrogen-bond acceptors (Lipinski definition) is 8. The standard InChI is InChI=1S/C28H29NO7/c1-32-24-9-7-6-8-20(24)22(30)12-13-29-21-14-18(15-23(31)27(21)35-4)10-11-19-16-25(33-2)28(36-5)26(17-19)34-3/h6-11,13-17,31H,12H2,1-5H3/b11-10-,29-13?. The molecule has 3 rings (SSSR count). The number of ether oxygens (including phenoxy) is 5. The summed E-state index contributed by atoms with van der Waals surface area (Å²) in [5.74, 6) is 2.05. The van der Waals surface area contributed by atoms with Gasteiger partial charge in [0.05, 0.1) is 41.1 Å². The number of nitrogens with zero attached hydrogens (tertiary/aromatic N) is 1. The lowest BCUT2D eigenvalue weighted by molar-refractivity contribution is 0.0998. The topological polar surface area (TPSA) is 95.8 Å². The van der Waals surface area contributed by atoms with E-state index in [2.05, 4.69) is 4.99 Å². The number of carbonyl (C=O) groups excluding carboxylic acids is 1. The molecule has 0 amide bonds. The van der Waals surface area contributed by atoms with Crippen LogP contribution in [0.1, 0.15) is 27.9 Å². The van der Waals surface area contributed by atoms with Gasteiger partial charge in [-0.25, -0.2) is 0 Å². The summed E-state index contributed by atoms with van der Waals surface area (Å²) < 4.78 is 26.7. The van der Waals surface area contributed by atoms with Gasteiger partial charge in [0.1, 0.15) is 11.4 Å². The molecule has 8 heteroatoms. The Labute approximate surface area is 210 Å². The van der Waals surface area contributed by atoms with Gasteiger partial charge in [0.15, 0.2) is 28.8 Å². The van der Waals surface area contributed by atoms with Gasteiger partial charge in [-0.1, -0.05) is 24.3 Å². The summed E-state index contributed by atoms with van der Waals surface area (Å²) in [5.41, 5.74) is 2.33. The zero-order valence-corrected chi connectivity index (χ0v) is 20.9. The molecule has 188 valence electrons. The van der Waals surface area contributed by atoms with Crippen LogP contribution < -0.4 is 23.7 Å². The molecule has 0 atom stereocenters. The quantitative estimate of drug-likeness (QED) is 0.212. The van der Waals surface area contributed by atoms with Gasteiger partial charge in [0.2, 0.25) is 5.75 Å². The molecule has 0 fully saturated rings. The van der Waals surface area contributed by atoms with Crippen molar-refractivity contribution >= 4 is 29.8 Å². The number of phenols is 1. The Morgan fingerprint density at radius 1 is 0.778 bits per heavy atom. The Morgan fingerprint density at radius 2 is 1.36 bits per heavy atom. The highest BCUT2D eigenvalue weighted by atomic mass is 16.5. The summed E-state index contributed by atoms with van der Waals surface area (Å²) in [6.45, 7) is 0. The van der Waals surface area contributed by atoms with E-state index in [1.165, 1.54) is 20.4 Å². The van der Waals surface area contributed by atoms with Crippen LogP contribution in [0.4, 0.5) is 5.69 Å². The number of benzene rings is 3. The number of aromatic hydroxyl groups is 1. The number of aliphatic imine (C=N–C) groups is 1. The zero-order chi connectivity index (χ0) is 26.1. The number of methoxy groups -OCH3 is 5. The van der Waals surface area contributed by atoms with E-state index in [4.69, 9.17) is 23.7 Å². The Kier molecular flexibility index (Phi) is 8.94. The van der Waals surface area contributed by atoms with Gasteiger partial charge < -0.3 is 28.8 Å². The minimum atomic E-state index is -0.141. The molecule has 8 nitrogen and oxygen atoms in total. The Hall–Kier alpha value is -4.46. The molecule has 3 aromatic rings. The van der Waals surface area contributed by atoms with Crippen molar-refractivity contribution in [2.24, 2.45) is 4.99 Å². The van der Waals surface area contributed by atoms with E-state index >= 15 is 0 Å². The van der Waals surface area contributed by atoms with Gasteiger partial charge in [0, 0.05) is 12.6 Å². The number of Topliss-reactive ketones (excluding diaryl/α,β-unsaturated/α-hetero) is 1. The normalized spacial score (nSPS) is 11.0. The minimum Gasteiger partial charge on any atom is -0.504 e. The van der Waals surface area contributed by atoms with Crippen LogP contribution in [0.15, 0.2) is 53.5 Å². The number of phenolic OH excluding ortho intramolecular Hbond substituents is 1. The number of ketones is 1.